The van der Waals surface area contributed by atoms with Crippen LogP contribution in [-0.2, 0) is 17.7 Å². The van der Waals surface area contributed by atoms with Crippen molar-refractivity contribution in [2.45, 2.75) is 45.1 Å². The van der Waals surface area contributed by atoms with Gasteiger partial charge in [-0.1, -0.05) is 12.1 Å². The average Bonchev–Trinajstić information content (AvgIpc) is 3.52. The molecule has 11 nitrogen and oxygen atoms in total. The molecule has 45 heavy (non-hydrogen) atoms. The number of anilines is 1. The summed E-state index contributed by atoms with van der Waals surface area (Å²) in [5, 5.41) is 15.1. The largest absolute Gasteiger partial charge is 0.487 e. The van der Waals surface area contributed by atoms with Gasteiger partial charge >= 0.3 is 0 Å². The van der Waals surface area contributed by atoms with Gasteiger partial charge in [0.05, 0.1) is 24.4 Å². The Morgan fingerprint density at radius 3 is 2.71 bits per heavy atom. The van der Waals surface area contributed by atoms with Gasteiger partial charge in [0, 0.05) is 56.9 Å². The lowest BCUT2D eigenvalue weighted by Crippen LogP contribution is -2.48. The Morgan fingerprint density at radius 2 is 1.96 bits per heavy atom. The molecule has 2 N–H and O–H groups in total. The monoisotopic (exact) mass is 616 g/mol. The van der Waals surface area contributed by atoms with E-state index in [9.17, 15) is 14.3 Å². The minimum atomic E-state index is -0.752. The number of β-amino-alcohol motifs (C(OH)–C–C–N with tert-alkyl or cyclic N) is 1. The summed E-state index contributed by atoms with van der Waals surface area (Å²) in [5.74, 6) is 0.784. The summed E-state index contributed by atoms with van der Waals surface area (Å²) >= 11 is 0. The number of pyridine rings is 1. The highest BCUT2D eigenvalue weighted by Gasteiger charge is 2.25. The number of halogens is 1. The van der Waals surface area contributed by atoms with E-state index in [-0.39, 0.29) is 36.9 Å². The lowest BCUT2D eigenvalue weighted by Gasteiger charge is -2.36. The molecule has 0 radical (unpaired) electrons. The van der Waals surface area contributed by atoms with Gasteiger partial charge in [0.2, 0.25) is 5.62 Å². The van der Waals surface area contributed by atoms with Gasteiger partial charge in [0.25, 0.3) is 5.91 Å². The van der Waals surface area contributed by atoms with Crippen LogP contribution in [0.1, 0.15) is 29.8 Å². The van der Waals surface area contributed by atoms with Crippen LogP contribution in [0.3, 0.4) is 0 Å². The number of ether oxygens (including phenoxy) is 3. The van der Waals surface area contributed by atoms with Crippen molar-refractivity contribution in [3.05, 3.63) is 83.5 Å². The summed E-state index contributed by atoms with van der Waals surface area (Å²) in [6.07, 6.45) is 3.01. The molecule has 0 aliphatic carbocycles. The molecule has 3 atom stereocenters. The van der Waals surface area contributed by atoms with Crippen molar-refractivity contribution in [3.8, 4) is 11.5 Å². The van der Waals surface area contributed by atoms with Crippen LogP contribution >= 0.6 is 0 Å². The van der Waals surface area contributed by atoms with Gasteiger partial charge in [-0.3, -0.25) is 19.2 Å². The molecule has 2 aromatic heterocycles. The number of nitrogens with zero attached hydrogens (tertiary/aromatic N) is 5. The van der Waals surface area contributed by atoms with Gasteiger partial charge < -0.3 is 24.6 Å². The van der Waals surface area contributed by atoms with Crippen molar-refractivity contribution < 1.29 is 28.5 Å². The van der Waals surface area contributed by atoms with Crippen molar-refractivity contribution in [1.29, 1.82) is 0 Å². The first-order valence-corrected chi connectivity index (χ1v) is 15.2. The van der Waals surface area contributed by atoms with E-state index in [4.69, 9.17) is 19.2 Å². The second kappa shape index (κ2) is 13.7. The number of hydrogen-bond acceptors (Lipinski definition) is 9. The predicted octanol–water partition coefficient (Wildman–Crippen LogP) is 3.21. The van der Waals surface area contributed by atoms with Crippen molar-refractivity contribution in [2.75, 3.05) is 44.7 Å². The summed E-state index contributed by atoms with van der Waals surface area (Å²) in [6, 6.07) is 13.3. The number of morpholine rings is 1. The zero-order valence-corrected chi connectivity index (χ0v) is 25.4. The summed E-state index contributed by atoms with van der Waals surface area (Å²) < 4.78 is 33.6. The molecule has 2 aromatic carbocycles. The Morgan fingerprint density at radius 1 is 1.16 bits per heavy atom. The maximum absolute atomic E-state index is 13.5. The third-order valence-corrected chi connectivity index (χ3v) is 7.76. The zero-order valence-electron chi connectivity index (χ0n) is 25.4. The van der Waals surface area contributed by atoms with Crippen LogP contribution in [0, 0.1) is 5.82 Å². The van der Waals surface area contributed by atoms with E-state index in [1.54, 1.807) is 36.5 Å². The second-order valence-electron chi connectivity index (χ2n) is 11.5. The fourth-order valence-corrected chi connectivity index (χ4v) is 5.82. The van der Waals surface area contributed by atoms with Crippen molar-refractivity contribution >= 4 is 22.6 Å². The molecule has 236 valence electrons. The first-order chi connectivity index (χ1) is 21.8. The second-order valence-corrected chi connectivity index (χ2v) is 11.5. The first-order valence-electron chi connectivity index (χ1n) is 15.2. The van der Waals surface area contributed by atoms with Gasteiger partial charge in [-0.25, -0.2) is 9.37 Å². The standard InChI is InChI=1S/C33H37FN6O5/c1-21-17-39(18-22(2)45-21)19-26(41)20-44-28-10-9-27-29(30(28)43-15-11-23-5-7-25(34)8-6-23)37-33(40-14-13-36-31(27)40)38-32(42)24-4-3-12-35-16-24/h3-10,12,16,21-22,26,36,41H,11,13-15,17-20H2,1-2H3/t21-,22+,26-/m1/s1. The Kier molecular flexibility index (Phi) is 9.34. The van der Waals surface area contributed by atoms with E-state index in [2.05, 4.69) is 20.2 Å². The van der Waals surface area contributed by atoms with Crippen LogP contribution < -0.4 is 20.4 Å². The minimum absolute atomic E-state index is 0.0363. The fourth-order valence-electron chi connectivity index (χ4n) is 5.82. The SMILES string of the molecule is C[C@@H]1CN(C[C@@H](O)COc2ccc3c4n(c(=NC(=O)c5cccnc5)nc3c2OCCc2ccc(F)cc2)CCN4)C[C@H](C)O1. The Bertz CT molecular complexity index is 1710. The van der Waals surface area contributed by atoms with Gasteiger partial charge in [-0.2, -0.15) is 4.99 Å². The third kappa shape index (κ3) is 7.30. The van der Waals surface area contributed by atoms with Gasteiger partial charge in [-0.15, -0.1) is 0 Å². The van der Waals surface area contributed by atoms with Crippen molar-refractivity contribution in [3.63, 3.8) is 0 Å². The molecule has 0 saturated carbocycles. The lowest BCUT2D eigenvalue weighted by atomic mass is 10.1. The van der Waals surface area contributed by atoms with Crippen LogP contribution in [0.25, 0.3) is 10.9 Å². The quantitative estimate of drug-likeness (QED) is 0.277. The molecule has 2 aliphatic heterocycles. The molecular weight excluding hydrogens is 579 g/mol. The number of amides is 1. The number of fused-ring (bicyclic) bond motifs is 3. The summed E-state index contributed by atoms with van der Waals surface area (Å²) in [6.45, 7) is 7.49. The molecule has 4 aromatic rings. The molecule has 0 bridgehead atoms. The number of aromatic nitrogens is 3. The zero-order chi connectivity index (χ0) is 31.3. The number of aliphatic hydroxyl groups excluding tert-OH is 1. The van der Waals surface area contributed by atoms with E-state index in [1.807, 2.05) is 24.5 Å². The van der Waals surface area contributed by atoms with E-state index < -0.39 is 12.0 Å². The van der Waals surface area contributed by atoms with Gasteiger partial charge in [-0.05, 0) is 55.8 Å². The number of carbonyl (C=O) groups excluding carboxylic acids is 1. The van der Waals surface area contributed by atoms with Crippen LogP contribution in [0.15, 0.2) is 65.9 Å². The number of carbonyl (C=O) groups is 1. The molecule has 2 aliphatic rings. The summed E-state index contributed by atoms with van der Waals surface area (Å²) in [5.41, 5.74) is 1.96. The molecular formula is C33H37FN6O5. The van der Waals surface area contributed by atoms with E-state index in [1.165, 1.54) is 18.3 Å². The summed E-state index contributed by atoms with van der Waals surface area (Å²) in [4.78, 5) is 28.4. The van der Waals surface area contributed by atoms with Crippen LogP contribution in [0.5, 0.6) is 11.5 Å². The average molecular weight is 617 g/mol. The highest BCUT2D eigenvalue weighted by atomic mass is 19.1. The number of benzene rings is 2. The predicted molar refractivity (Wildman–Crippen MR) is 166 cm³/mol. The lowest BCUT2D eigenvalue weighted by molar-refractivity contribution is -0.0787. The normalized spacial score (nSPS) is 19.2. The van der Waals surface area contributed by atoms with Gasteiger partial charge in [0.15, 0.2) is 11.5 Å². The molecule has 0 unspecified atom stereocenters. The van der Waals surface area contributed by atoms with Crippen molar-refractivity contribution in [1.82, 2.24) is 19.4 Å². The molecule has 1 saturated heterocycles. The maximum Gasteiger partial charge on any atom is 0.281 e. The molecule has 4 heterocycles. The number of hydrogen-bond donors (Lipinski definition) is 2. The Hall–Kier alpha value is -4.39. The van der Waals surface area contributed by atoms with E-state index >= 15 is 0 Å². The molecule has 12 heteroatoms. The number of rotatable bonds is 10. The van der Waals surface area contributed by atoms with Crippen molar-refractivity contribution in [2.24, 2.45) is 4.99 Å². The minimum Gasteiger partial charge on any atom is -0.487 e. The van der Waals surface area contributed by atoms with Crippen LogP contribution in [-0.4, -0.2) is 88.2 Å². The van der Waals surface area contributed by atoms with Gasteiger partial charge in [0.1, 0.15) is 29.9 Å². The molecule has 1 amide bonds. The van der Waals surface area contributed by atoms with E-state index in [0.29, 0.717) is 48.6 Å². The first kappa shape index (κ1) is 30.6. The van der Waals surface area contributed by atoms with Crippen LogP contribution in [0.4, 0.5) is 10.2 Å². The number of aliphatic hydroxyl groups is 1. The Balaban J connectivity index is 1.32. The highest BCUT2D eigenvalue weighted by molar-refractivity contribution is 5.96. The summed E-state index contributed by atoms with van der Waals surface area (Å²) in [7, 11) is 0. The molecule has 1 fully saturated rings. The third-order valence-electron chi connectivity index (χ3n) is 7.76. The Labute approximate surface area is 260 Å². The number of nitrogens with one attached hydrogen (secondary N) is 1. The smallest absolute Gasteiger partial charge is 0.281 e. The fraction of sp³-hybridized carbons (Fsp3) is 0.394. The highest BCUT2D eigenvalue weighted by Crippen LogP contribution is 2.37. The molecule has 0 spiro atoms. The maximum atomic E-state index is 13.5. The van der Waals surface area contributed by atoms with E-state index in [0.717, 1.165) is 29.9 Å². The topological polar surface area (TPSA) is 123 Å². The van der Waals surface area contributed by atoms with Crippen LogP contribution in [0.2, 0.25) is 0 Å². The molecule has 6 rings (SSSR count).